The van der Waals surface area contributed by atoms with Crippen LogP contribution in [-0.2, 0) is 6.18 Å². The molecule has 0 heterocycles. The summed E-state index contributed by atoms with van der Waals surface area (Å²) in [6, 6.07) is 2.15. The summed E-state index contributed by atoms with van der Waals surface area (Å²) in [5.41, 5.74) is 5.42. The van der Waals surface area contributed by atoms with E-state index < -0.39 is 29.0 Å². The third-order valence-electron chi connectivity index (χ3n) is 1.67. The number of alkyl halides is 3. The highest BCUT2D eigenvalue weighted by Crippen LogP contribution is 2.32. The van der Waals surface area contributed by atoms with E-state index >= 15 is 0 Å². The number of hydrogen-bond donors (Lipinski definition) is 0. The Kier molecular flexibility index (Phi) is 3.14. The van der Waals surface area contributed by atoms with Crippen molar-refractivity contribution in [2.75, 3.05) is 0 Å². The molecule has 0 aromatic heterocycles. The Balaban J connectivity index is 3.35. The van der Waals surface area contributed by atoms with Crippen molar-refractivity contribution in [1.82, 2.24) is 0 Å². The molecule has 4 nitrogen and oxygen atoms in total. The van der Waals surface area contributed by atoms with Crippen LogP contribution >= 0.6 is 0 Å². The number of benzene rings is 1. The number of hydrogen-bond acceptors (Lipinski definition) is 1. The standard InChI is InChI=1S/C8H3F4N3O/c9-6-4(7(16)14-15-13)2-1-3-5(6)8(10,11)12/h1-3H. The molecule has 0 saturated carbocycles. The van der Waals surface area contributed by atoms with Crippen LogP contribution in [0.2, 0.25) is 0 Å². The Morgan fingerprint density at radius 1 is 1.38 bits per heavy atom. The molecule has 0 saturated heterocycles. The normalized spacial score (nSPS) is 10.8. The van der Waals surface area contributed by atoms with E-state index in [0.29, 0.717) is 6.07 Å². The highest BCUT2D eigenvalue weighted by Gasteiger charge is 2.35. The molecule has 0 N–H and O–H groups in total. The molecule has 0 spiro atoms. The van der Waals surface area contributed by atoms with Gasteiger partial charge in [0.2, 0.25) is 0 Å². The van der Waals surface area contributed by atoms with E-state index in [4.69, 9.17) is 5.53 Å². The zero-order valence-electron chi connectivity index (χ0n) is 7.49. The lowest BCUT2D eigenvalue weighted by Gasteiger charge is -2.08. The number of carbonyl (C=O) groups excluding carboxylic acids is 1. The predicted molar refractivity (Wildman–Crippen MR) is 44.9 cm³/mol. The minimum Gasteiger partial charge on any atom is -0.287 e. The fraction of sp³-hybridized carbons (Fsp3) is 0.125. The minimum absolute atomic E-state index is 0.488. The average Bonchev–Trinajstić information content (AvgIpc) is 2.16. The van der Waals surface area contributed by atoms with E-state index in [1.807, 2.05) is 0 Å². The van der Waals surface area contributed by atoms with Gasteiger partial charge in [0.1, 0.15) is 5.82 Å². The van der Waals surface area contributed by atoms with E-state index in [9.17, 15) is 22.4 Å². The largest absolute Gasteiger partial charge is 0.419 e. The first kappa shape index (κ1) is 12.0. The molecule has 0 aliphatic heterocycles. The Morgan fingerprint density at radius 3 is 2.50 bits per heavy atom. The topological polar surface area (TPSA) is 65.8 Å². The van der Waals surface area contributed by atoms with E-state index in [1.54, 1.807) is 0 Å². The van der Waals surface area contributed by atoms with Crippen molar-refractivity contribution in [3.63, 3.8) is 0 Å². The Hall–Kier alpha value is -2.08. The number of nitrogens with zero attached hydrogens (tertiary/aromatic N) is 3. The maximum Gasteiger partial charge on any atom is 0.419 e. The van der Waals surface area contributed by atoms with Crippen molar-refractivity contribution < 1.29 is 22.4 Å². The smallest absolute Gasteiger partial charge is 0.287 e. The summed E-state index contributed by atoms with van der Waals surface area (Å²) in [6.07, 6.45) is -4.91. The van der Waals surface area contributed by atoms with Crippen molar-refractivity contribution in [2.45, 2.75) is 6.18 Å². The van der Waals surface area contributed by atoms with Gasteiger partial charge in [-0.05, 0) is 22.8 Å². The molecule has 1 amide bonds. The van der Waals surface area contributed by atoms with Gasteiger partial charge < -0.3 is 0 Å². The van der Waals surface area contributed by atoms with Gasteiger partial charge in [-0.1, -0.05) is 6.07 Å². The highest BCUT2D eigenvalue weighted by molar-refractivity contribution is 5.95. The number of amides is 1. The number of rotatable bonds is 1. The summed E-state index contributed by atoms with van der Waals surface area (Å²) in [7, 11) is 0. The minimum atomic E-state index is -4.91. The fourth-order valence-electron chi connectivity index (χ4n) is 1.01. The summed E-state index contributed by atoms with van der Waals surface area (Å²) in [5.74, 6) is -3.14. The Morgan fingerprint density at radius 2 is 2.00 bits per heavy atom. The summed E-state index contributed by atoms with van der Waals surface area (Å²) < 4.78 is 49.9. The molecule has 0 radical (unpaired) electrons. The molecule has 0 bridgehead atoms. The molecule has 0 atom stereocenters. The lowest BCUT2D eigenvalue weighted by molar-refractivity contribution is -0.140. The van der Waals surface area contributed by atoms with E-state index in [0.717, 1.165) is 12.1 Å². The molecule has 1 rings (SSSR count). The van der Waals surface area contributed by atoms with E-state index in [-0.39, 0.29) is 0 Å². The number of azide groups is 1. The van der Waals surface area contributed by atoms with Gasteiger partial charge in [0.25, 0.3) is 5.91 Å². The molecule has 84 valence electrons. The van der Waals surface area contributed by atoms with Crippen LogP contribution in [0, 0.1) is 5.82 Å². The summed E-state index contributed by atoms with van der Waals surface area (Å²) in [5, 5.41) is 2.51. The fourth-order valence-corrected chi connectivity index (χ4v) is 1.01. The maximum atomic E-state index is 13.2. The second kappa shape index (κ2) is 4.19. The number of halogens is 4. The van der Waals surface area contributed by atoms with Crippen molar-refractivity contribution in [1.29, 1.82) is 0 Å². The first-order chi connectivity index (χ1) is 7.38. The molecule has 0 aliphatic rings. The lowest BCUT2D eigenvalue weighted by atomic mass is 10.1. The van der Waals surface area contributed by atoms with Crippen LogP contribution < -0.4 is 0 Å². The quantitative estimate of drug-likeness (QED) is 0.317. The zero-order chi connectivity index (χ0) is 12.3. The molecule has 0 aliphatic carbocycles. The molecule has 1 aromatic carbocycles. The van der Waals surface area contributed by atoms with Gasteiger partial charge in [-0.2, -0.15) is 13.2 Å². The second-order valence-corrected chi connectivity index (χ2v) is 2.66. The maximum absolute atomic E-state index is 13.2. The van der Waals surface area contributed by atoms with E-state index in [2.05, 4.69) is 10.0 Å². The lowest BCUT2D eigenvalue weighted by Crippen LogP contribution is -2.11. The van der Waals surface area contributed by atoms with Crippen LogP contribution in [0.5, 0.6) is 0 Å². The monoisotopic (exact) mass is 233 g/mol. The van der Waals surface area contributed by atoms with Crippen molar-refractivity contribution in [2.24, 2.45) is 5.11 Å². The SMILES string of the molecule is [N-]=[N+]=NC(=O)c1cccc(C(F)(F)F)c1F. The predicted octanol–water partition coefficient (Wildman–Crippen LogP) is 3.29. The first-order valence-corrected chi connectivity index (χ1v) is 3.83. The molecule has 0 unspecified atom stereocenters. The van der Waals surface area contributed by atoms with Gasteiger partial charge >= 0.3 is 6.18 Å². The van der Waals surface area contributed by atoms with Crippen LogP contribution in [0.25, 0.3) is 10.4 Å². The van der Waals surface area contributed by atoms with Gasteiger partial charge in [-0.3, -0.25) is 4.79 Å². The summed E-state index contributed by atoms with van der Waals surface area (Å²) in [6.45, 7) is 0. The van der Waals surface area contributed by atoms with Crippen molar-refractivity contribution >= 4 is 5.91 Å². The Labute approximate surface area is 86.1 Å². The highest BCUT2D eigenvalue weighted by atomic mass is 19.4. The van der Waals surface area contributed by atoms with Gasteiger partial charge in [0.15, 0.2) is 0 Å². The van der Waals surface area contributed by atoms with Crippen LogP contribution in [0.3, 0.4) is 0 Å². The molecule has 0 fully saturated rings. The van der Waals surface area contributed by atoms with Crippen LogP contribution in [0.15, 0.2) is 23.3 Å². The molecule has 1 aromatic rings. The average molecular weight is 233 g/mol. The van der Waals surface area contributed by atoms with Gasteiger partial charge in [-0.15, -0.1) is 0 Å². The van der Waals surface area contributed by atoms with Crippen LogP contribution in [0.4, 0.5) is 17.6 Å². The van der Waals surface area contributed by atoms with Crippen LogP contribution in [0.1, 0.15) is 15.9 Å². The first-order valence-electron chi connectivity index (χ1n) is 3.83. The van der Waals surface area contributed by atoms with Crippen molar-refractivity contribution in [3.8, 4) is 0 Å². The number of carbonyl (C=O) groups is 1. The summed E-state index contributed by atoms with van der Waals surface area (Å²) >= 11 is 0. The zero-order valence-corrected chi connectivity index (χ0v) is 7.49. The molecule has 16 heavy (non-hydrogen) atoms. The van der Waals surface area contributed by atoms with Crippen LogP contribution in [-0.4, -0.2) is 5.91 Å². The summed E-state index contributed by atoms with van der Waals surface area (Å²) in [4.78, 5) is 13.0. The third-order valence-corrected chi connectivity index (χ3v) is 1.67. The molecular formula is C8H3F4N3O. The third kappa shape index (κ3) is 2.29. The molecular weight excluding hydrogens is 230 g/mol. The Bertz CT molecular complexity index is 477. The van der Waals surface area contributed by atoms with Gasteiger partial charge in [-0.25, -0.2) is 4.39 Å². The van der Waals surface area contributed by atoms with Crippen molar-refractivity contribution in [3.05, 3.63) is 45.6 Å². The van der Waals surface area contributed by atoms with Gasteiger partial charge in [0.05, 0.1) is 11.1 Å². The van der Waals surface area contributed by atoms with Gasteiger partial charge in [0, 0.05) is 4.91 Å². The van der Waals surface area contributed by atoms with E-state index in [1.165, 1.54) is 0 Å². The second-order valence-electron chi connectivity index (χ2n) is 2.66. The molecule has 8 heteroatoms.